The Kier molecular flexibility index (Phi) is 5.62. The van der Waals surface area contributed by atoms with E-state index in [-0.39, 0.29) is 12.5 Å². The van der Waals surface area contributed by atoms with Crippen LogP contribution in [0.4, 0.5) is 0 Å². The number of nitrogens with zero attached hydrogens (tertiary/aromatic N) is 3. The first-order chi connectivity index (χ1) is 11.6. The van der Waals surface area contributed by atoms with Crippen molar-refractivity contribution in [3.8, 4) is 10.6 Å². The van der Waals surface area contributed by atoms with Gasteiger partial charge in [-0.05, 0) is 6.07 Å². The van der Waals surface area contributed by atoms with Crippen LogP contribution in [0.1, 0.15) is 10.5 Å². The average Bonchev–Trinajstić information content (AvgIpc) is 3.26. The SMILES string of the molecule is CN(CC(O)CN1CCOCC1)C(=O)c1csc(-c2ccoc2)n1. The minimum atomic E-state index is -0.593. The number of aromatic nitrogens is 1. The predicted molar refractivity (Wildman–Crippen MR) is 90.0 cm³/mol. The predicted octanol–water partition coefficient (Wildman–Crippen LogP) is 1.17. The van der Waals surface area contributed by atoms with Gasteiger partial charge in [0.2, 0.25) is 0 Å². The number of carbonyl (C=O) groups is 1. The third-order valence-corrected chi connectivity index (χ3v) is 4.79. The molecule has 0 aromatic carbocycles. The number of hydrogen-bond donors (Lipinski definition) is 1. The van der Waals surface area contributed by atoms with Gasteiger partial charge in [-0.3, -0.25) is 9.69 Å². The minimum Gasteiger partial charge on any atom is -0.472 e. The summed E-state index contributed by atoms with van der Waals surface area (Å²) in [6.07, 6.45) is 2.58. The van der Waals surface area contributed by atoms with Crippen molar-refractivity contribution in [3.63, 3.8) is 0 Å². The fourth-order valence-corrected chi connectivity index (χ4v) is 3.40. The van der Waals surface area contributed by atoms with E-state index < -0.39 is 6.10 Å². The number of likely N-dealkylation sites (N-methyl/N-ethyl adjacent to an activating group) is 1. The van der Waals surface area contributed by atoms with Gasteiger partial charge in [0.15, 0.2) is 0 Å². The summed E-state index contributed by atoms with van der Waals surface area (Å²) < 4.78 is 10.3. The average molecular weight is 351 g/mol. The second-order valence-electron chi connectivity index (χ2n) is 5.80. The molecule has 0 radical (unpaired) electrons. The number of ether oxygens (including phenoxy) is 1. The summed E-state index contributed by atoms with van der Waals surface area (Å²) in [5, 5.41) is 12.7. The Hall–Kier alpha value is -1.74. The summed E-state index contributed by atoms with van der Waals surface area (Å²) in [5.41, 5.74) is 1.24. The molecule has 1 aliphatic rings. The Balaban J connectivity index is 1.54. The van der Waals surface area contributed by atoms with Crippen LogP contribution in [0, 0.1) is 0 Å². The van der Waals surface area contributed by atoms with Gasteiger partial charge < -0.3 is 19.2 Å². The maximum Gasteiger partial charge on any atom is 0.273 e. The van der Waals surface area contributed by atoms with Crippen molar-refractivity contribution in [2.45, 2.75) is 6.10 Å². The number of aliphatic hydroxyl groups excluding tert-OH is 1. The molecular formula is C16H21N3O4S. The Morgan fingerprint density at radius 3 is 3.00 bits per heavy atom. The Bertz CT molecular complexity index is 652. The highest BCUT2D eigenvalue weighted by atomic mass is 32.1. The van der Waals surface area contributed by atoms with E-state index in [1.165, 1.54) is 16.2 Å². The molecule has 1 fully saturated rings. The molecule has 0 aliphatic carbocycles. The van der Waals surface area contributed by atoms with E-state index in [0.717, 1.165) is 23.7 Å². The number of β-amino-alcohol motifs (C(OH)–C–C–N with tert-alkyl or cyclic N) is 1. The van der Waals surface area contributed by atoms with Crippen LogP contribution >= 0.6 is 11.3 Å². The molecule has 7 nitrogen and oxygen atoms in total. The van der Waals surface area contributed by atoms with Crippen LogP contribution in [-0.4, -0.2) is 78.3 Å². The van der Waals surface area contributed by atoms with Crippen LogP contribution in [0.3, 0.4) is 0 Å². The van der Waals surface area contributed by atoms with Gasteiger partial charge in [0.25, 0.3) is 5.91 Å². The molecule has 1 amide bonds. The number of furan rings is 1. The van der Waals surface area contributed by atoms with Crippen molar-refractivity contribution in [1.29, 1.82) is 0 Å². The molecule has 2 aromatic heterocycles. The second-order valence-corrected chi connectivity index (χ2v) is 6.66. The highest BCUT2D eigenvalue weighted by Gasteiger charge is 2.21. The second kappa shape index (κ2) is 7.89. The van der Waals surface area contributed by atoms with Gasteiger partial charge in [-0.15, -0.1) is 11.3 Å². The van der Waals surface area contributed by atoms with Gasteiger partial charge in [0, 0.05) is 44.2 Å². The third-order valence-electron chi connectivity index (χ3n) is 3.90. The van der Waals surface area contributed by atoms with Gasteiger partial charge in [0.1, 0.15) is 17.0 Å². The normalized spacial score (nSPS) is 16.9. The zero-order valence-corrected chi connectivity index (χ0v) is 14.4. The standard InChI is InChI=1S/C16H21N3O4S/c1-18(8-13(20)9-19-3-6-22-7-4-19)16(21)14-11-24-15(17-14)12-2-5-23-10-12/h2,5,10-11,13,20H,3-4,6-9H2,1H3. The van der Waals surface area contributed by atoms with Crippen LogP contribution in [-0.2, 0) is 4.74 Å². The Morgan fingerprint density at radius 1 is 1.50 bits per heavy atom. The number of morpholine rings is 1. The zero-order valence-electron chi connectivity index (χ0n) is 13.6. The highest BCUT2D eigenvalue weighted by Crippen LogP contribution is 2.24. The maximum absolute atomic E-state index is 12.5. The van der Waals surface area contributed by atoms with Crippen molar-refractivity contribution in [2.24, 2.45) is 0 Å². The van der Waals surface area contributed by atoms with E-state index in [2.05, 4.69) is 9.88 Å². The van der Waals surface area contributed by atoms with Crippen LogP contribution in [0.15, 0.2) is 28.4 Å². The number of thiazole rings is 1. The summed E-state index contributed by atoms with van der Waals surface area (Å²) >= 11 is 1.40. The summed E-state index contributed by atoms with van der Waals surface area (Å²) in [7, 11) is 1.68. The Morgan fingerprint density at radius 2 is 2.29 bits per heavy atom. The molecule has 3 heterocycles. The number of hydrogen-bond acceptors (Lipinski definition) is 7. The molecule has 1 atom stereocenters. The van der Waals surface area contributed by atoms with E-state index in [1.54, 1.807) is 25.0 Å². The van der Waals surface area contributed by atoms with Crippen molar-refractivity contribution < 1.29 is 19.1 Å². The first-order valence-electron chi connectivity index (χ1n) is 7.85. The van der Waals surface area contributed by atoms with Crippen molar-refractivity contribution in [1.82, 2.24) is 14.8 Å². The van der Waals surface area contributed by atoms with E-state index in [4.69, 9.17) is 9.15 Å². The van der Waals surface area contributed by atoms with Gasteiger partial charge in [-0.25, -0.2) is 4.98 Å². The largest absolute Gasteiger partial charge is 0.472 e. The molecule has 1 aliphatic heterocycles. The molecule has 2 aromatic rings. The molecule has 8 heteroatoms. The van der Waals surface area contributed by atoms with Crippen LogP contribution in [0.25, 0.3) is 10.6 Å². The van der Waals surface area contributed by atoms with Gasteiger partial charge in [0.05, 0.1) is 25.6 Å². The topological polar surface area (TPSA) is 79.0 Å². The van der Waals surface area contributed by atoms with Crippen LogP contribution < -0.4 is 0 Å². The lowest BCUT2D eigenvalue weighted by molar-refractivity contribution is 0.00875. The molecule has 130 valence electrons. The number of carbonyl (C=O) groups excluding carboxylic acids is 1. The molecular weight excluding hydrogens is 330 g/mol. The lowest BCUT2D eigenvalue weighted by Gasteiger charge is -2.29. The summed E-state index contributed by atoms with van der Waals surface area (Å²) in [6, 6.07) is 1.81. The van der Waals surface area contributed by atoms with Gasteiger partial charge in [-0.1, -0.05) is 0 Å². The molecule has 3 rings (SSSR count). The molecule has 0 saturated carbocycles. The number of rotatable bonds is 6. The summed E-state index contributed by atoms with van der Waals surface area (Å²) in [4.78, 5) is 20.5. The molecule has 0 spiro atoms. The van der Waals surface area contributed by atoms with Crippen molar-refractivity contribution >= 4 is 17.2 Å². The minimum absolute atomic E-state index is 0.193. The summed E-state index contributed by atoms with van der Waals surface area (Å²) in [6.45, 7) is 3.82. The maximum atomic E-state index is 12.5. The van der Waals surface area contributed by atoms with E-state index in [0.29, 0.717) is 25.5 Å². The molecule has 24 heavy (non-hydrogen) atoms. The van der Waals surface area contributed by atoms with Crippen LogP contribution in [0.5, 0.6) is 0 Å². The Labute approximate surface area is 144 Å². The number of amides is 1. The first kappa shape index (κ1) is 17.1. The first-order valence-corrected chi connectivity index (χ1v) is 8.73. The lowest BCUT2D eigenvalue weighted by atomic mass is 10.2. The fraction of sp³-hybridized carbons (Fsp3) is 0.500. The van der Waals surface area contributed by atoms with Crippen molar-refractivity contribution in [2.75, 3.05) is 46.4 Å². The lowest BCUT2D eigenvalue weighted by Crippen LogP contribution is -2.45. The van der Waals surface area contributed by atoms with Crippen molar-refractivity contribution in [3.05, 3.63) is 29.7 Å². The zero-order chi connectivity index (χ0) is 16.9. The summed E-state index contributed by atoms with van der Waals surface area (Å²) in [5.74, 6) is -0.193. The van der Waals surface area contributed by atoms with E-state index in [9.17, 15) is 9.90 Å². The molecule has 0 bridgehead atoms. The molecule has 1 saturated heterocycles. The molecule has 1 unspecified atom stereocenters. The fourth-order valence-electron chi connectivity index (χ4n) is 2.62. The monoisotopic (exact) mass is 351 g/mol. The smallest absolute Gasteiger partial charge is 0.273 e. The highest BCUT2D eigenvalue weighted by molar-refractivity contribution is 7.13. The van der Waals surface area contributed by atoms with E-state index in [1.807, 2.05) is 6.07 Å². The number of aliphatic hydroxyl groups is 1. The van der Waals surface area contributed by atoms with E-state index >= 15 is 0 Å². The quantitative estimate of drug-likeness (QED) is 0.842. The van der Waals surface area contributed by atoms with Gasteiger partial charge in [-0.2, -0.15) is 0 Å². The van der Waals surface area contributed by atoms with Crippen LogP contribution in [0.2, 0.25) is 0 Å². The molecule has 1 N–H and O–H groups in total. The van der Waals surface area contributed by atoms with Gasteiger partial charge >= 0.3 is 0 Å². The third kappa shape index (κ3) is 4.21.